The number of Topliss-reactive ketones (excluding diaryl/α,β-unsaturated/α-hetero) is 1. The minimum absolute atomic E-state index is 0.0807. The average molecular weight is 419 g/mol. The summed E-state index contributed by atoms with van der Waals surface area (Å²) in [4.78, 5) is 23.9. The molecule has 9 heteroatoms. The number of benzene rings is 1. The summed E-state index contributed by atoms with van der Waals surface area (Å²) >= 11 is 5.71. The van der Waals surface area contributed by atoms with Gasteiger partial charge in [-0.2, -0.15) is 0 Å². The summed E-state index contributed by atoms with van der Waals surface area (Å²) in [6.45, 7) is 0.137. The summed E-state index contributed by atoms with van der Waals surface area (Å²) in [6.07, 6.45) is 0.468. The average Bonchev–Trinajstić information content (AvgIpc) is 3.00. The van der Waals surface area contributed by atoms with Crippen molar-refractivity contribution in [1.29, 1.82) is 0 Å². The first-order chi connectivity index (χ1) is 13.1. The van der Waals surface area contributed by atoms with Crippen LogP contribution in [-0.2, 0) is 4.79 Å². The molecule has 1 aliphatic heterocycles. The van der Waals surface area contributed by atoms with E-state index in [0.29, 0.717) is 12.8 Å². The topological polar surface area (TPSA) is 58.2 Å². The zero-order chi connectivity index (χ0) is 20.3. The molecule has 1 saturated heterocycles. The van der Waals surface area contributed by atoms with Crippen LogP contribution in [0.15, 0.2) is 12.1 Å². The predicted octanol–water partition coefficient (Wildman–Crippen LogP) is 4.17. The largest absolute Gasteiger partial charge is 0.336 e. The van der Waals surface area contributed by atoms with Crippen LogP contribution in [0.3, 0.4) is 0 Å². The zero-order valence-corrected chi connectivity index (χ0v) is 15.6. The molecule has 0 aromatic heterocycles. The second-order valence-corrected chi connectivity index (χ2v) is 8.70. The number of hydrogen-bond acceptors (Lipinski definition) is 2. The summed E-state index contributed by atoms with van der Waals surface area (Å²) in [7, 11) is 0. The molecule has 2 N–H and O–H groups in total. The van der Waals surface area contributed by atoms with Crippen LogP contribution in [0.25, 0.3) is 0 Å². The van der Waals surface area contributed by atoms with Crippen LogP contribution in [0, 0.1) is 23.0 Å². The van der Waals surface area contributed by atoms with Gasteiger partial charge in [0, 0.05) is 25.8 Å². The van der Waals surface area contributed by atoms with Gasteiger partial charge in [-0.15, -0.1) is 0 Å². The van der Waals surface area contributed by atoms with Crippen LogP contribution < -0.4 is 10.6 Å². The van der Waals surface area contributed by atoms with E-state index in [-0.39, 0.29) is 43.1 Å². The van der Waals surface area contributed by atoms with Crippen LogP contribution in [0.5, 0.6) is 0 Å². The quantitative estimate of drug-likeness (QED) is 0.557. The highest BCUT2D eigenvalue weighted by molar-refractivity contribution is 6.31. The lowest BCUT2D eigenvalue weighted by atomic mass is 9.47. The number of rotatable bonds is 5. The zero-order valence-electron chi connectivity index (χ0n) is 14.8. The van der Waals surface area contributed by atoms with E-state index in [4.69, 9.17) is 11.6 Å². The molecular formula is C19H19ClF4N2O2. The van der Waals surface area contributed by atoms with Crippen LogP contribution in [0.1, 0.15) is 43.6 Å². The third kappa shape index (κ3) is 3.36. The van der Waals surface area contributed by atoms with Crippen molar-refractivity contribution in [1.82, 2.24) is 10.6 Å². The van der Waals surface area contributed by atoms with Gasteiger partial charge >= 0.3 is 6.03 Å². The molecule has 4 rings (SSSR count). The molecule has 2 amide bonds. The maximum atomic E-state index is 14.6. The number of urea groups is 1. The summed E-state index contributed by atoms with van der Waals surface area (Å²) in [6, 6.07) is 1.13. The Kier molecular flexibility index (Phi) is 4.60. The lowest BCUT2D eigenvalue weighted by Crippen LogP contribution is -2.55. The highest BCUT2D eigenvalue weighted by Crippen LogP contribution is 2.67. The van der Waals surface area contributed by atoms with E-state index < -0.39 is 46.0 Å². The number of halogens is 5. The molecule has 1 aromatic carbocycles. The Bertz CT molecular complexity index is 831. The van der Waals surface area contributed by atoms with Gasteiger partial charge in [0.15, 0.2) is 5.78 Å². The number of ketones is 1. The maximum absolute atomic E-state index is 14.6. The van der Waals surface area contributed by atoms with Gasteiger partial charge in [0.05, 0.1) is 0 Å². The van der Waals surface area contributed by atoms with Gasteiger partial charge in [-0.05, 0) is 41.7 Å². The third-order valence-corrected chi connectivity index (χ3v) is 6.62. The van der Waals surface area contributed by atoms with Crippen LogP contribution in [-0.4, -0.2) is 30.3 Å². The van der Waals surface area contributed by atoms with E-state index >= 15 is 0 Å². The number of alkyl halides is 2. The molecule has 3 fully saturated rings. The van der Waals surface area contributed by atoms with Crippen molar-refractivity contribution in [3.05, 3.63) is 34.4 Å². The molecular weight excluding hydrogens is 400 g/mol. The fourth-order valence-electron chi connectivity index (χ4n) is 5.04. The molecule has 0 radical (unpaired) electrons. The van der Waals surface area contributed by atoms with Gasteiger partial charge in [0.1, 0.15) is 22.7 Å². The summed E-state index contributed by atoms with van der Waals surface area (Å²) in [5.41, 5.74) is -0.332. The summed E-state index contributed by atoms with van der Waals surface area (Å²) in [5, 5.41) is 4.34. The van der Waals surface area contributed by atoms with E-state index in [0.717, 1.165) is 6.07 Å². The van der Waals surface area contributed by atoms with Gasteiger partial charge in [0.2, 0.25) is 5.92 Å². The van der Waals surface area contributed by atoms with Gasteiger partial charge in [-0.3, -0.25) is 4.79 Å². The first-order valence-electron chi connectivity index (χ1n) is 9.17. The van der Waals surface area contributed by atoms with E-state index in [1.165, 1.54) is 6.07 Å². The number of carbonyl (C=O) groups excluding carboxylic acids is 2. The van der Waals surface area contributed by atoms with Gasteiger partial charge < -0.3 is 10.6 Å². The molecule has 0 bridgehead atoms. The van der Waals surface area contributed by atoms with E-state index in [9.17, 15) is 27.2 Å². The Morgan fingerprint density at radius 2 is 1.93 bits per heavy atom. The molecule has 2 aliphatic carbocycles. The first-order valence-corrected chi connectivity index (χ1v) is 9.55. The van der Waals surface area contributed by atoms with E-state index in [1.807, 2.05) is 0 Å². The molecule has 2 atom stereocenters. The Labute approximate surface area is 164 Å². The van der Waals surface area contributed by atoms with Crippen molar-refractivity contribution in [2.75, 3.05) is 6.54 Å². The van der Waals surface area contributed by atoms with Crippen LogP contribution in [0.2, 0.25) is 5.02 Å². The highest BCUT2D eigenvalue weighted by atomic mass is 35.5. The SMILES string of the molecule is O=C1NC[C@@H](C(=O)CC(c2ccc(F)c(Cl)c2F)C2CC3(C2)CC(F)(F)C3)N1. The highest BCUT2D eigenvalue weighted by Gasteiger charge is 2.62. The molecule has 28 heavy (non-hydrogen) atoms. The number of nitrogens with one attached hydrogen (secondary N) is 2. The van der Waals surface area contributed by atoms with Gasteiger partial charge in [-0.1, -0.05) is 17.7 Å². The van der Waals surface area contributed by atoms with Crippen molar-refractivity contribution >= 4 is 23.4 Å². The fourth-order valence-corrected chi connectivity index (χ4v) is 5.21. The fraction of sp³-hybridized carbons (Fsp3) is 0.579. The summed E-state index contributed by atoms with van der Waals surface area (Å²) in [5.74, 6) is -5.55. The molecule has 152 valence electrons. The normalized spacial score (nSPS) is 26.2. The molecule has 1 spiro atoms. The monoisotopic (exact) mass is 418 g/mol. The van der Waals surface area contributed by atoms with Crippen LogP contribution in [0.4, 0.5) is 22.4 Å². The Hall–Kier alpha value is -1.83. The maximum Gasteiger partial charge on any atom is 0.315 e. The van der Waals surface area contributed by atoms with Crippen molar-refractivity contribution in [3.8, 4) is 0 Å². The summed E-state index contributed by atoms with van der Waals surface area (Å²) < 4.78 is 54.8. The van der Waals surface area contributed by atoms with Crippen LogP contribution >= 0.6 is 11.6 Å². The lowest BCUT2D eigenvalue weighted by molar-refractivity contribution is -0.209. The van der Waals surface area contributed by atoms with Crippen molar-refractivity contribution < 1.29 is 27.2 Å². The smallest absolute Gasteiger partial charge is 0.315 e. The second-order valence-electron chi connectivity index (χ2n) is 8.33. The van der Waals surface area contributed by atoms with E-state index in [1.54, 1.807) is 0 Å². The van der Waals surface area contributed by atoms with E-state index in [2.05, 4.69) is 10.6 Å². The number of hydrogen-bond donors (Lipinski definition) is 2. The number of carbonyl (C=O) groups is 2. The standard InChI is InChI=1S/C19H19ClF4N2O2/c20-15-12(21)2-1-10(16(15)22)11(3-14(27)13-6-25-17(28)26-13)9-4-18(5-9)7-19(23,24)8-18/h1-2,9,11,13H,3-8H2,(H2,25,26,28)/t11?,13-/m0/s1. The minimum atomic E-state index is -2.65. The lowest BCUT2D eigenvalue weighted by Gasteiger charge is -2.59. The second kappa shape index (κ2) is 6.61. The number of amides is 2. The molecule has 1 aromatic rings. The molecule has 3 aliphatic rings. The predicted molar refractivity (Wildman–Crippen MR) is 93.4 cm³/mol. The molecule has 1 unspecified atom stereocenters. The molecule has 2 saturated carbocycles. The third-order valence-electron chi connectivity index (χ3n) is 6.27. The first kappa shape index (κ1) is 19.5. The van der Waals surface area contributed by atoms with Gasteiger partial charge in [0.25, 0.3) is 0 Å². The Balaban J connectivity index is 1.55. The Morgan fingerprint density at radius 1 is 1.25 bits per heavy atom. The van der Waals surface area contributed by atoms with Crippen molar-refractivity contribution in [2.45, 2.75) is 50.0 Å². The van der Waals surface area contributed by atoms with Crippen molar-refractivity contribution in [2.24, 2.45) is 11.3 Å². The molecule has 4 nitrogen and oxygen atoms in total. The van der Waals surface area contributed by atoms with Crippen molar-refractivity contribution in [3.63, 3.8) is 0 Å². The molecule has 1 heterocycles. The van der Waals surface area contributed by atoms with Gasteiger partial charge in [-0.25, -0.2) is 22.4 Å². The Morgan fingerprint density at radius 3 is 2.50 bits per heavy atom. The minimum Gasteiger partial charge on any atom is -0.336 e.